The van der Waals surface area contributed by atoms with Crippen molar-refractivity contribution in [3.63, 3.8) is 0 Å². The topological polar surface area (TPSA) is 60.2 Å². The fourth-order valence-corrected chi connectivity index (χ4v) is 2.06. The Morgan fingerprint density at radius 3 is 2.94 bits per heavy atom. The van der Waals surface area contributed by atoms with E-state index in [0.717, 1.165) is 32.3 Å². The number of hydrogen-bond donors (Lipinski definition) is 1. The van der Waals surface area contributed by atoms with E-state index in [1.807, 2.05) is 6.92 Å². The lowest BCUT2D eigenvalue weighted by atomic mass is 9.95. The van der Waals surface area contributed by atoms with Gasteiger partial charge in [0.25, 0.3) is 0 Å². The molecule has 1 fully saturated rings. The first kappa shape index (κ1) is 13.5. The molecule has 102 valence electrons. The normalized spacial score (nSPS) is 26.2. The quantitative estimate of drug-likeness (QED) is 0.873. The molecule has 1 saturated heterocycles. The van der Waals surface area contributed by atoms with E-state index in [1.165, 1.54) is 0 Å². The van der Waals surface area contributed by atoms with Crippen molar-refractivity contribution < 1.29 is 9.26 Å². The van der Waals surface area contributed by atoms with Crippen LogP contribution in [0.1, 0.15) is 58.2 Å². The average Bonchev–Trinajstić information content (AvgIpc) is 2.86. The largest absolute Gasteiger partial charge is 0.367 e. The lowest BCUT2D eigenvalue weighted by Crippen LogP contribution is -2.31. The predicted octanol–water partition coefficient (Wildman–Crippen LogP) is 2.37. The van der Waals surface area contributed by atoms with Gasteiger partial charge < -0.3 is 14.6 Å². The third kappa shape index (κ3) is 3.09. The van der Waals surface area contributed by atoms with Crippen molar-refractivity contribution in [2.45, 2.75) is 64.6 Å². The summed E-state index contributed by atoms with van der Waals surface area (Å²) >= 11 is 0. The Morgan fingerprint density at radius 2 is 2.28 bits per heavy atom. The van der Waals surface area contributed by atoms with Crippen LogP contribution in [0.25, 0.3) is 0 Å². The Morgan fingerprint density at radius 1 is 1.44 bits per heavy atom. The molecule has 0 bridgehead atoms. The van der Waals surface area contributed by atoms with E-state index >= 15 is 0 Å². The minimum absolute atomic E-state index is 0.365. The second kappa shape index (κ2) is 5.80. The highest BCUT2D eigenvalue weighted by atomic mass is 16.5. The van der Waals surface area contributed by atoms with Crippen LogP contribution in [0.4, 0.5) is 0 Å². The summed E-state index contributed by atoms with van der Waals surface area (Å²) in [7, 11) is 0. The maximum absolute atomic E-state index is 5.81. The first-order chi connectivity index (χ1) is 8.64. The van der Waals surface area contributed by atoms with Crippen molar-refractivity contribution in [2.24, 2.45) is 0 Å². The van der Waals surface area contributed by atoms with Crippen molar-refractivity contribution in [1.82, 2.24) is 15.5 Å². The van der Waals surface area contributed by atoms with Gasteiger partial charge >= 0.3 is 0 Å². The fraction of sp³-hybridized carbons (Fsp3) is 0.846. The van der Waals surface area contributed by atoms with E-state index in [2.05, 4.69) is 29.3 Å². The molecule has 2 rings (SSSR count). The first-order valence-electron chi connectivity index (χ1n) is 6.84. The number of nitrogens with one attached hydrogen (secondary N) is 1. The van der Waals surface area contributed by atoms with Gasteiger partial charge in [-0.2, -0.15) is 4.98 Å². The molecular weight excluding hydrogens is 230 g/mol. The third-order valence-electron chi connectivity index (χ3n) is 3.62. The molecule has 0 amide bonds. The summed E-state index contributed by atoms with van der Waals surface area (Å²) in [5.41, 5.74) is -0.365. The monoisotopic (exact) mass is 253 g/mol. The van der Waals surface area contributed by atoms with E-state index in [0.29, 0.717) is 24.3 Å². The highest BCUT2D eigenvalue weighted by Crippen LogP contribution is 2.32. The zero-order chi connectivity index (χ0) is 13.0. The summed E-state index contributed by atoms with van der Waals surface area (Å²) in [6, 6.07) is 0.460. The van der Waals surface area contributed by atoms with Crippen LogP contribution in [0.5, 0.6) is 0 Å². The molecule has 2 atom stereocenters. The lowest BCUT2D eigenvalue weighted by molar-refractivity contribution is -0.0770. The molecule has 5 nitrogen and oxygen atoms in total. The Hall–Kier alpha value is -0.940. The van der Waals surface area contributed by atoms with Crippen LogP contribution in [-0.2, 0) is 16.9 Å². The lowest BCUT2D eigenvalue weighted by Gasteiger charge is -2.30. The van der Waals surface area contributed by atoms with Gasteiger partial charge in [0.05, 0.1) is 6.54 Å². The van der Waals surface area contributed by atoms with E-state index in [1.54, 1.807) is 0 Å². The van der Waals surface area contributed by atoms with Gasteiger partial charge in [0.15, 0.2) is 0 Å². The smallest absolute Gasteiger partial charge is 0.240 e. The van der Waals surface area contributed by atoms with Crippen molar-refractivity contribution in [2.75, 3.05) is 6.61 Å². The van der Waals surface area contributed by atoms with Gasteiger partial charge in [-0.15, -0.1) is 0 Å². The summed E-state index contributed by atoms with van der Waals surface area (Å²) in [5.74, 6) is 1.32. The van der Waals surface area contributed by atoms with Crippen LogP contribution in [0, 0.1) is 0 Å². The molecular formula is C13H23N3O2. The summed E-state index contributed by atoms with van der Waals surface area (Å²) in [6.07, 6.45) is 4.33. The average molecular weight is 253 g/mol. The predicted molar refractivity (Wildman–Crippen MR) is 68.0 cm³/mol. The van der Waals surface area contributed by atoms with Crippen molar-refractivity contribution in [3.05, 3.63) is 11.7 Å². The Balaban J connectivity index is 1.96. The highest BCUT2D eigenvalue weighted by Gasteiger charge is 2.34. The summed E-state index contributed by atoms with van der Waals surface area (Å²) in [5, 5.41) is 7.40. The molecule has 1 aromatic heterocycles. The van der Waals surface area contributed by atoms with Crippen LogP contribution < -0.4 is 5.32 Å². The Bertz CT molecular complexity index is 372. The molecule has 0 radical (unpaired) electrons. The molecule has 1 aliphatic rings. The molecule has 5 heteroatoms. The van der Waals surface area contributed by atoms with E-state index in [-0.39, 0.29) is 5.60 Å². The van der Waals surface area contributed by atoms with Crippen LogP contribution in [-0.4, -0.2) is 22.8 Å². The Kier molecular flexibility index (Phi) is 4.35. The van der Waals surface area contributed by atoms with Crippen molar-refractivity contribution >= 4 is 0 Å². The summed E-state index contributed by atoms with van der Waals surface area (Å²) in [4.78, 5) is 4.45. The zero-order valence-corrected chi connectivity index (χ0v) is 11.5. The summed E-state index contributed by atoms with van der Waals surface area (Å²) < 4.78 is 11.1. The van der Waals surface area contributed by atoms with Gasteiger partial charge in [-0.25, -0.2) is 0 Å². The number of rotatable bonds is 5. The van der Waals surface area contributed by atoms with Crippen LogP contribution in [0.15, 0.2) is 4.52 Å². The molecule has 0 aliphatic carbocycles. The van der Waals surface area contributed by atoms with Gasteiger partial charge in [0, 0.05) is 12.6 Å². The number of aromatic nitrogens is 2. The number of hydrogen-bond acceptors (Lipinski definition) is 5. The van der Waals surface area contributed by atoms with Crippen molar-refractivity contribution in [1.29, 1.82) is 0 Å². The van der Waals surface area contributed by atoms with Gasteiger partial charge in [0.2, 0.25) is 11.7 Å². The van der Waals surface area contributed by atoms with E-state index in [4.69, 9.17) is 9.26 Å². The molecule has 18 heavy (non-hydrogen) atoms. The van der Waals surface area contributed by atoms with Gasteiger partial charge in [-0.3, -0.25) is 0 Å². The third-order valence-corrected chi connectivity index (χ3v) is 3.62. The molecule has 2 heterocycles. The second-order valence-electron chi connectivity index (χ2n) is 5.24. The molecule has 1 aromatic rings. The van der Waals surface area contributed by atoms with Crippen LogP contribution in [0.3, 0.4) is 0 Å². The van der Waals surface area contributed by atoms with E-state index < -0.39 is 0 Å². The number of ether oxygens (including phenoxy) is 1. The van der Waals surface area contributed by atoms with Gasteiger partial charge in [-0.1, -0.05) is 12.1 Å². The summed E-state index contributed by atoms with van der Waals surface area (Å²) in [6.45, 7) is 7.74. The van der Waals surface area contributed by atoms with Crippen LogP contribution in [0.2, 0.25) is 0 Å². The molecule has 0 spiro atoms. The van der Waals surface area contributed by atoms with Crippen LogP contribution >= 0.6 is 0 Å². The highest BCUT2D eigenvalue weighted by molar-refractivity contribution is 5.00. The maximum atomic E-state index is 5.81. The fourth-order valence-electron chi connectivity index (χ4n) is 2.06. The molecule has 0 aromatic carbocycles. The molecule has 1 N–H and O–H groups in total. The number of nitrogens with zero attached hydrogens (tertiary/aromatic N) is 2. The Labute approximate surface area is 108 Å². The molecule has 1 aliphatic heterocycles. The van der Waals surface area contributed by atoms with Gasteiger partial charge in [-0.05, 0) is 39.5 Å². The second-order valence-corrected chi connectivity index (χ2v) is 5.24. The standard InChI is InChI=1S/C13H23N3O2/c1-4-10(2)14-9-11-15-12(16-18-11)13(3)7-5-6-8-17-13/h10,14H,4-9H2,1-3H3. The SMILES string of the molecule is CCC(C)NCc1nc(C2(C)CCCCO2)no1. The zero-order valence-electron chi connectivity index (χ0n) is 11.5. The minimum atomic E-state index is -0.365. The molecule has 2 unspecified atom stereocenters. The minimum Gasteiger partial charge on any atom is -0.367 e. The van der Waals surface area contributed by atoms with Crippen molar-refractivity contribution in [3.8, 4) is 0 Å². The first-order valence-corrected chi connectivity index (χ1v) is 6.84. The van der Waals surface area contributed by atoms with Gasteiger partial charge in [0.1, 0.15) is 5.60 Å². The van der Waals surface area contributed by atoms with E-state index in [9.17, 15) is 0 Å². The molecule has 0 saturated carbocycles. The maximum Gasteiger partial charge on any atom is 0.240 e.